The van der Waals surface area contributed by atoms with Gasteiger partial charge in [0.25, 0.3) is 5.91 Å². The van der Waals surface area contributed by atoms with Crippen LogP contribution in [0, 0.1) is 17.8 Å². The number of carbonyl (C=O) groups is 2. The molecule has 3 atom stereocenters. The Hall–Kier alpha value is -2.66. The van der Waals surface area contributed by atoms with Gasteiger partial charge in [-0.2, -0.15) is 0 Å². The van der Waals surface area contributed by atoms with E-state index in [1.165, 1.54) is 0 Å². The van der Waals surface area contributed by atoms with Gasteiger partial charge in [0.1, 0.15) is 0 Å². The minimum absolute atomic E-state index is 0.00436. The van der Waals surface area contributed by atoms with E-state index < -0.39 is 6.29 Å². The van der Waals surface area contributed by atoms with Crippen molar-refractivity contribution >= 4 is 23.2 Å². The number of hydrogen-bond donors (Lipinski definition) is 4. The fraction of sp³-hybridized carbons (Fsp3) is 0.643. The molecule has 38 heavy (non-hydrogen) atoms. The minimum atomic E-state index is -0.540. The molecule has 1 aromatic carbocycles. The monoisotopic (exact) mass is 535 g/mol. The smallest absolute Gasteiger partial charge is 0.286 e. The number of aliphatic hydroxyl groups is 1. The van der Waals surface area contributed by atoms with Crippen LogP contribution in [-0.4, -0.2) is 69.4 Å². The summed E-state index contributed by atoms with van der Waals surface area (Å²) in [7, 11) is 0. The summed E-state index contributed by atoms with van der Waals surface area (Å²) in [6.07, 6.45) is 3.70. The molecule has 1 heterocycles. The van der Waals surface area contributed by atoms with Crippen molar-refractivity contribution in [2.24, 2.45) is 17.8 Å². The molecular weight excluding hydrogens is 490 g/mol. The fourth-order valence-electron chi connectivity index (χ4n) is 4.33. The number of aliphatic hydroxyl groups excluding tert-OH is 1. The van der Waals surface area contributed by atoms with Gasteiger partial charge in [0, 0.05) is 32.1 Å². The second-order valence-corrected chi connectivity index (χ2v) is 9.54. The molecule has 2 amide bonds. The Balaban J connectivity index is 1.81. The summed E-state index contributed by atoms with van der Waals surface area (Å²) in [5.41, 5.74) is 6.99. The van der Waals surface area contributed by atoms with Crippen LogP contribution in [0.25, 0.3) is 0 Å². The van der Waals surface area contributed by atoms with Gasteiger partial charge in [-0.3, -0.25) is 9.59 Å². The van der Waals surface area contributed by atoms with Crippen LogP contribution < -0.4 is 16.4 Å². The van der Waals surface area contributed by atoms with E-state index in [0.717, 1.165) is 6.42 Å². The molecule has 0 spiro atoms. The number of unbranched alkanes of at least 4 members (excludes halogenated alkanes) is 1. The van der Waals surface area contributed by atoms with Crippen LogP contribution >= 0.6 is 0 Å². The van der Waals surface area contributed by atoms with E-state index in [0.29, 0.717) is 70.2 Å². The van der Waals surface area contributed by atoms with Gasteiger partial charge in [0.15, 0.2) is 5.76 Å². The summed E-state index contributed by atoms with van der Waals surface area (Å²) in [4.78, 5) is 25.0. The summed E-state index contributed by atoms with van der Waals surface area (Å²) in [5.74, 6) is 0.289. The zero-order chi connectivity index (χ0) is 27.8. The number of para-hydroxylation sites is 2. The molecule has 1 aromatic rings. The molecule has 0 aliphatic carbocycles. The second-order valence-electron chi connectivity index (χ2n) is 9.54. The van der Waals surface area contributed by atoms with Gasteiger partial charge in [-0.15, -0.1) is 0 Å². The standard InChI is InChI=1S/C28H45N3O7/c1-4-37-28-21(12-15-35-17-18-36-16-14-32)22(20(2)3)19-25(38-28)27(34)30-13-8-7-11-26(33)31-24-10-6-5-9-23(24)29/h5-6,9-10,19-22,28,32H,4,7-8,11-18,29H2,1-3H3,(H,30,34)(H,31,33). The molecule has 214 valence electrons. The van der Waals surface area contributed by atoms with Crippen LogP contribution in [0.15, 0.2) is 36.1 Å². The van der Waals surface area contributed by atoms with Gasteiger partial charge in [-0.1, -0.05) is 26.0 Å². The number of rotatable bonds is 18. The molecule has 5 N–H and O–H groups in total. The van der Waals surface area contributed by atoms with Crippen LogP contribution in [0.1, 0.15) is 46.5 Å². The average molecular weight is 536 g/mol. The molecule has 0 saturated carbocycles. The van der Waals surface area contributed by atoms with Gasteiger partial charge in [-0.25, -0.2) is 0 Å². The summed E-state index contributed by atoms with van der Waals surface area (Å²) in [5, 5.41) is 14.5. The van der Waals surface area contributed by atoms with E-state index in [4.69, 9.17) is 29.8 Å². The maximum absolute atomic E-state index is 12.9. The first-order valence-corrected chi connectivity index (χ1v) is 13.6. The van der Waals surface area contributed by atoms with E-state index in [-0.39, 0.29) is 41.9 Å². The second kappa shape index (κ2) is 17.8. The predicted molar refractivity (Wildman–Crippen MR) is 146 cm³/mol. The fourth-order valence-corrected chi connectivity index (χ4v) is 4.33. The molecule has 0 saturated heterocycles. The lowest BCUT2D eigenvalue weighted by atomic mass is 9.79. The zero-order valence-corrected chi connectivity index (χ0v) is 22.9. The first kappa shape index (κ1) is 31.6. The van der Waals surface area contributed by atoms with Crippen molar-refractivity contribution in [3.63, 3.8) is 0 Å². The molecular formula is C28H45N3O7. The highest BCUT2D eigenvalue weighted by atomic mass is 16.7. The molecule has 2 rings (SSSR count). The van der Waals surface area contributed by atoms with E-state index in [9.17, 15) is 9.59 Å². The number of nitrogens with two attached hydrogens (primary N) is 1. The number of nitrogen functional groups attached to an aromatic ring is 1. The van der Waals surface area contributed by atoms with Crippen molar-refractivity contribution in [1.82, 2.24) is 5.32 Å². The molecule has 0 fully saturated rings. The third-order valence-corrected chi connectivity index (χ3v) is 6.31. The highest BCUT2D eigenvalue weighted by Crippen LogP contribution is 2.36. The zero-order valence-electron chi connectivity index (χ0n) is 22.9. The molecule has 0 bridgehead atoms. The predicted octanol–water partition coefficient (Wildman–Crippen LogP) is 3.07. The number of carbonyl (C=O) groups excluding carboxylic acids is 2. The Kier molecular flexibility index (Phi) is 14.8. The molecule has 0 aromatic heterocycles. The summed E-state index contributed by atoms with van der Waals surface area (Å²) < 4.78 is 22.8. The van der Waals surface area contributed by atoms with Gasteiger partial charge in [-0.05, 0) is 56.2 Å². The molecule has 10 heteroatoms. The van der Waals surface area contributed by atoms with E-state index >= 15 is 0 Å². The van der Waals surface area contributed by atoms with E-state index in [1.54, 1.807) is 12.1 Å². The number of nitrogens with one attached hydrogen (secondary N) is 2. The van der Waals surface area contributed by atoms with Crippen LogP contribution in [-0.2, 0) is 28.5 Å². The SMILES string of the molecule is CCOC1OC(C(=O)NCCCCC(=O)Nc2ccccc2N)=CC(C(C)C)C1CCOCCOCCO. The number of benzene rings is 1. The number of hydrogen-bond acceptors (Lipinski definition) is 8. The highest BCUT2D eigenvalue weighted by Gasteiger charge is 2.38. The number of amides is 2. The Labute approximate surface area is 226 Å². The van der Waals surface area contributed by atoms with Crippen molar-refractivity contribution in [2.45, 2.75) is 52.7 Å². The maximum atomic E-state index is 12.9. The van der Waals surface area contributed by atoms with Crippen molar-refractivity contribution < 1.29 is 33.6 Å². The van der Waals surface area contributed by atoms with Crippen molar-refractivity contribution in [3.05, 3.63) is 36.1 Å². The third kappa shape index (κ3) is 11.0. The van der Waals surface area contributed by atoms with Crippen molar-refractivity contribution in [3.8, 4) is 0 Å². The molecule has 1 aliphatic heterocycles. The Morgan fingerprint density at radius 1 is 1.11 bits per heavy atom. The average Bonchev–Trinajstić information content (AvgIpc) is 2.89. The van der Waals surface area contributed by atoms with Gasteiger partial charge in [0.2, 0.25) is 12.2 Å². The van der Waals surface area contributed by atoms with E-state index in [2.05, 4.69) is 24.5 Å². The summed E-state index contributed by atoms with van der Waals surface area (Å²) in [6, 6.07) is 7.13. The van der Waals surface area contributed by atoms with Crippen LogP contribution in [0.4, 0.5) is 11.4 Å². The number of anilines is 2. The molecule has 3 unspecified atom stereocenters. The normalized spacial score (nSPS) is 19.1. The summed E-state index contributed by atoms with van der Waals surface area (Å²) in [6.45, 7) is 8.74. The molecule has 10 nitrogen and oxygen atoms in total. The molecule has 1 aliphatic rings. The number of allylic oxidation sites excluding steroid dienone is 1. The quantitative estimate of drug-likeness (QED) is 0.166. The third-order valence-electron chi connectivity index (χ3n) is 6.31. The van der Waals surface area contributed by atoms with Crippen molar-refractivity contribution in [1.29, 1.82) is 0 Å². The van der Waals surface area contributed by atoms with Gasteiger partial charge >= 0.3 is 0 Å². The Morgan fingerprint density at radius 3 is 2.53 bits per heavy atom. The summed E-state index contributed by atoms with van der Waals surface area (Å²) >= 11 is 0. The minimum Gasteiger partial charge on any atom is -0.459 e. The first-order valence-electron chi connectivity index (χ1n) is 13.6. The number of ether oxygens (including phenoxy) is 4. The molecule has 0 radical (unpaired) electrons. The Bertz CT molecular complexity index is 878. The van der Waals surface area contributed by atoms with E-state index in [1.807, 2.05) is 25.1 Å². The lowest BCUT2D eigenvalue weighted by molar-refractivity contribution is -0.177. The Morgan fingerprint density at radius 2 is 1.84 bits per heavy atom. The topological polar surface area (TPSA) is 141 Å². The van der Waals surface area contributed by atoms with Gasteiger partial charge in [0.05, 0.1) is 37.8 Å². The van der Waals surface area contributed by atoms with Gasteiger partial charge < -0.3 is 40.4 Å². The lowest BCUT2D eigenvalue weighted by Crippen LogP contribution is -2.41. The lowest BCUT2D eigenvalue weighted by Gasteiger charge is -2.38. The maximum Gasteiger partial charge on any atom is 0.286 e. The van der Waals surface area contributed by atoms with Crippen LogP contribution in [0.3, 0.4) is 0 Å². The first-order chi connectivity index (χ1) is 18.4. The van der Waals surface area contributed by atoms with Crippen LogP contribution in [0.5, 0.6) is 0 Å². The van der Waals surface area contributed by atoms with Crippen molar-refractivity contribution in [2.75, 3.05) is 57.2 Å². The van der Waals surface area contributed by atoms with Crippen LogP contribution in [0.2, 0.25) is 0 Å². The highest BCUT2D eigenvalue weighted by molar-refractivity contribution is 5.93. The largest absolute Gasteiger partial charge is 0.459 e.